The van der Waals surface area contributed by atoms with Crippen molar-refractivity contribution < 1.29 is 9.47 Å². The molecule has 0 N–H and O–H groups in total. The first-order valence-corrected chi connectivity index (χ1v) is 7.67. The smallest absolute Gasteiger partial charge is 0.161 e. The first-order valence-electron chi connectivity index (χ1n) is 7.14. The van der Waals surface area contributed by atoms with E-state index in [9.17, 15) is 0 Å². The Morgan fingerprint density at radius 1 is 0.857 bits per heavy atom. The van der Waals surface area contributed by atoms with Crippen molar-refractivity contribution in [2.75, 3.05) is 6.61 Å². The molecule has 2 aromatic rings. The summed E-state index contributed by atoms with van der Waals surface area (Å²) in [6, 6.07) is 12.3. The van der Waals surface area contributed by atoms with Crippen LogP contribution < -0.4 is 9.47 Å². The van der Waals surface area contributed by atoms with Crippen LogP contribution in [0.4, 0.5) is 0 Å². The molecule has 0 fully saturated rings. The van der Waals surface area contributed by atoms with Crippen molar-refractivity contribution in [2.24, 2.45) is 0 Å². The van der Waals surface area contributed by atoms with Gasteiger partial charge in [0.1, 0.15) is 6.61 Å². The quantitative estimate of drug-likeness (QED) is 0.698. The van der Waals surface area contributed by atoms with Crippen molar-refractivity contribution >= 4 is 11.6 Å². The van der Waals surface area contributed by atoms with Crippen LogP contribution in [0.15, 0.2) is 36.4 Å². The molecule has 0 bridgehead atoms. The van der Waals surface area contributed by atoms with Crippen molar-refractivity contribution in [3.8, 4) is 11.5 Å². The summed E-state index contributed by atoms with van der Waals surface area (Å²) in [4.78, 5) is 0. The zero-order chi connectivity index (χ0) is 15.2. The fourth-order valence-electron chi connectivity index (χ4n) is 2.34. The second-order valence-corrected chi connectivity index (χ2v) is 5.40. The van der Waals surface area contributed by atoms with Gasteiger partial charge in [0.15, 0.2) is 11.5 Å². The topological polar surface area (TPSA) is 18.5 Å². The van der Waals surface area contributed by atoms with E-state index in [-0.39, 0.29) is 0 Å². The fraction of sp³-hybridized carbons (Fsp3) is 0.333. The number of aryl methyl sites for hydroxylation is 2. The Bertz CT molecular complexity index is 588. The maximum absolute atomic E-state index is 5.92. The van der Waals surface area contributed by atoms with Crippen LogP contribution in [0.5, 0.6) is 11.5 Å². The molecular formula is C18H21ClO2. The van der Waals surface area contributed by atoms with E-state index in [4.69, 9.17) is 21.1 Å². The molecule has 0 aliphatic heterocycles. The van der Waals surface area contributed by atoms with Crippen LogP contribution in [0.3, 0.4) is 0 Å². The Kier molecular flexibility index (Phi) is 5.51. The highest BCUT2D eigenvalue weighted by atomic mass is 35.5. The van der Waals surface area contributed by atoms with Crippen molar-refractivity contribution in [1.29, 1.82) is 0 Å². The van der Waals surface area contributed by atoms with Crippen LogP contribution in [0.1, 0.15) is 29.2 Å². The molecule has 21 heavy (non-hydrogen) atoms. The summed E-state index contributed by atoms with van der Waals surface area (Å²) < 4.78 is 11.5. The molecule has 2 aromatic carbocycles. The maximum Gasteiger partial charge on any atom is 0.161 e. The molecule has 0 spiro atoms. The Hall–Kier alpha value is -1.67. The predicted molar refractivity (Wildman–Crippen MR) is 87.4 cm³/mol. The molecule has 0 heterocycles. The molecule has 0 aromatic heterocycles. The number of alkyl halides is 1. The molecule has 2 nitrogen and oxygen atoms in total. The van der Waals surface area contributed by atoms with E-state index in [0.717, 1.165) is 22.6 Å². The van der Waals surface area contributed by atoms with E-state index in [1.54, 1.807) is 0 Å². The van der Waals surface area contributed by atoms with Crippen LogP contribution in [-0.2, 0) is 12.5 Å². The second-order valence-electron chi connectivity index (χ2n) is 5.13. The van der Waals surface area contributed by atoms with Crippen LogP contribution in [0, 0.1) is 13.8 Å². The molecule has 0 saturated carbocycles. The first-order chi connectivity index (χ1) is 10.1. The largest absolute Gasteiger partial charge is 0.490 e. The zero-order valence-corrected chi connectivity index (χ0v) is 13.5. The Morgan fingerprint density at radius 2 is 1.57 bits per heavy atom. The minimum Gasteiger partial charge on any atom is -0.490 e. The molecule has 0 aliphatic carbocycles. The summed E-state index contributed by atoms with van der Waals surface area (Å²) in [6.07, 6.45) is 0. The monoisotopic (exact) mass is 304 g/mol. The summed E-state index contributed by atoms with van der Waals surface area (Å²) >= 11 is 5.86. The lowest BCUT2D eigenvalue weighted by Gasteiger charge is -2.13. The minimum atomic E-state index is 0.470. The summed E-state index contributed by atoms with van der Waals surface area (Å²) in [5, 5.41) is 0. The Labute approximate surface area is 131 Å². The number of halogens is 1. The lowest BCUT2D eigenvalue weighted by molar-refractivity contribution is 0.269. The summed E-state index contributed by atoms with van der Waals surface area (Å²) in [5.41, 5.74) is 4.68. The van der Waals surface area contributed by atoms with Gasteiger partial charge in [-0.1, -0.05) is 35.4 Å². The van der Waals surface area contributed by atoms with E-state index in [2.05, 4.69) is 32.0 Å². The third-order valence-electron chi connectivity index (χ3n) is 3.14. The van der Waals surface area contributed by atoms with Gasteiger partial charge in [-0.2, -0.15) is 0 Å². The predicted octanol–water partition coefficient (Wildman–Crippen LogP) is 5.02. The Morgan fingerprint density at radius 3 is 2.19 bits per heavy atom. The zero-order valence-electron chi connectivity index (χ0n) is 12.8. The van der Waals surface area contributed by atoms with Crippen LogP contribution >= 0.6 is 11.6 Å². The number of hydrogen-bond donors (Lipinski definition) is 0. The van der Waals surface area contributed by atoms with E-state index in [0.29, 0.717) is 19.1 Å². The van der Waals surface area contributed by atoms with E-state index in [1.165, 1.54) is 11.1 Å². The van der Waals surface area contributed by atoms with Gasteiger partial charge in [-0.05, 0) is 44.0 Å². The van der Waals surface area contributed by atoms with Crippen molar-refractivity contribution in [2.45, 2.75) is 33.3 Å². The molecule has 112 valence electrons. The van der Waals surface area contributed by atoms with Crippen molar-refractivity contribution in [3.05, 3.63) is 58.7 Å². The number of rotatable bonds is 6. The lowest BCUT2D eigenvalue weighted by atomic mass is 10.1. The van der Waals surface area contributed by atoms with Crippen LogP contribution in [-0.4, -0.2) is 6.61 Å². The third-order valence-corrected chi connectivity index (χ3v) is 3.45. The van der Waals surface area contributed by atoms with Crippen LogP contribution in [0.25, 0.3) is 0 Å². The molecule has 0 atom stereocenters. The van der Waals surface area contributed by atoms with Gasteiger partial charge in [0, 0.05) is 5.88 Å². The van der Waals surface area contributed by atoms with E-state index in [1.807, 2.05) is 25.1 Å². The van der Waals surface area contributed by atoms with E-state index < -0.39 is 0 Å². The highest BCUT2D eigenvalue weighted by Crippen LogP contribution is 2.30. The van der Waals surface area contributed by atoms with Gasteiger partial charge < -0.3 is 9.47 Å². The summed E-state index contributed by atoms with van der Waals surface area (Å²) in [5.74, 6) is 1.97. The van der Waals surface area contributed by atoms with E-state index >= 15 is 0 Å². The summed E-state index contributed by atoms with van der Waals surface area (Å²) in [6.45, 7) is 7.28. The van der Waals surface area contributed by atoms with Crippen LogP contribution in [0.2, 0.25) is 0 Å². The molecular weight excluding hydrogens is 284 g/mol. The fourth-order valence-corrected chi connectivity index (χ4v) is 2.50. The maximum atomic E-state index is 5.92. The van der Waals surface area contributed by atoms with Gasteiger partial charge in [-0.15, -0.1) is 11.6 Å². The standard InChI is InChI=1S/C18H21ClO2/c1-4-20-18-10-15(11-19)5-6-17(18)21-12-16-8-13(2)7-14(3)9-16/h5-10H,4,11-12H2,1-3H3. The van der Waals surface area contributed by atoms with Gasteiger partial charge in [0.25, 0.3) is 0 Å². The van der Waals surface area contributed by atoms with Gasteiger partial charge >= 0.3 is 0 Å². The number of ether oxygens (including phenoxy) is 2. The number of benzene rings is 2. The molecule has 0 radical (unpaired) electrons. The highest BCUT2D eigenvalue weighted by Gasteiger charge is 2.07. The first kappa shape index (κ1) is 15.7. The molecule has 0 unspecified atom stereocenters. The van der Waals surface area contributed by atoms with Crippen molar-refractivity contribution in [3.63, 3.8) is 0 Å². The molecule has 2 rings (SSSR count). The second kappa shape index (κ2) is 7.37. The minimum absolute atomic E-state index is 0.470. The molecule has 3 heteroatoms. The lowest BCUT2D eigenvalue weighted by Crippen LogP contribution is -2.01. The van der Waals surface area contributed by atoms with Gasteiger partial charge in [0.2, 0.25) is 0 Å². The third kappa shape index (κ3) is 4.40. The van der Waals surface area contributed by atoms with Gasteiger partial charge in [0.05, 0.1) is 6.61 Å². The molecule has 0 aliphatic rings. The summed E-state index contributed by atoms with van der Waals surface area (Å²) in [7, 11) is 0. The molecule has 0 amide bonds. The number of hydrogen-bond acceptors (Lipinski definition) is 2. The van der Waals surface area contributed by atoms with Gasteiger partial charge in [-0.3, -0.25) is 0 Å². The molecule has 0 saturated heterocycles. The average Bonchev–Trinajstić information content (AvgIpc) is 2.45. The highest BCUT2D eigenvalue weighted by molar-refractivity contribution is 6.17. The normalized spacial score (nSPS) is 10.5. The van der Waals surface area contributed by atoms with Gasteiger partial charge in [-0.25, -0.2) is 0 Å². The van der Waals surface area contributed by atoms with Crippen molar-refractivity contribution in [1.82, 2.24) is 0 Å². The SMILES string of the molecule is CCOc1cc(CCl)ccc1OCc1cc(C)cc(C)c1. The Balaban J connectivity index is 2.15. The average molecular weight is 305 g/mol.